The Morgan fingerprint density at radius 1 is 1.05 bits per heavy atom. The van der Waals surface area contributed by atoms with Crippen molar-refractivity contribution < 1.29 is 4.79 Å². The predicted molar refractivity (Wildman–Crippen MR) is 84.2 cm³/mol. The van der Waals surface area contributed by atoms with Gasteiger partial charge in [0.1, 0.15) is 0 Å². The lowest BCUT2D eigenvalue weighted by molar-refractivity contribution is 0.0938. The Labute approximate surface area is 127 Å². The number of carbonyl (C=O) groups excluding carboxylic acids is 1. The largest absolute Gasteiger partial charge is 0.349 e. The van der Waals surface area contributed by atoms with E-state index in [1.165, 1.54) is 16.7 Å². The van der Waals surface area contributed by atoms with Crippen LogP contribution in [0.4, 0.5) is 0 Å². The van der Waals surface area contributed by atoms with Crippen LogP contribution >= 0.6 is 15.9 Å². The molecule has 0 aromatic heterocycles. The number of benzene rings is 2. The van der Waals surface area contributed by atoms with Gasteiger partial charge >= 0.3 is 0 Å². The number of amides is 1. The van der Waals surface area contributed by atoms with Crippen molar-refractivity contribution in [3.63, 3.8) is 0 Å². The molecule has 2 nitrogen and oxygen atoms in total. The molecule has 2 aromatic carbocycles. The quantitative estimate of drug-likeness (QED) is 0.858. The van der Waals surface area contributed by atoms with Crippen LogP contribution in [-0.4, -0.2) is 11.9 Å². The molecule has 1 amide bonds. The van der Waals surface area contributed by atoms with Crippen LogP contribution in [0.2, 0.25) is 0 Å². The molecule has 0 unspecified atom stereocenters. The molecule has 102 valence electrons. The maximum absolute atomic E-state index is 12.2. The average Bonchev–Trinajstić information content (AvgIpc) is 2.89. The number of alkyl halides is 1. The standard InChI is InChI=1S/C17H16BrNO/c18-11-12-5-7-13(8-6-12)17(20)19-16-9-14-3-1-2-4-15(14)10-16/h1-8,16H,9-11H2,(H,19,20). The minimum absolute atomic E-state index is 0.0175. The van der Waals surface area contributed by atoms with E-state index in [2.05, 4.69) is 45.5 Å². The zero-order valence-electron chi connectivity index (χ0n) is 11.1. The monoisotopic (exact) mass is 329 g/mol. The van der Waals surface area contributed by atoms with Crippen LogP contribution in [0.5, 0.6) is 0 Å². The fourth-order valence-corrected chi connectivity index (χ4v) is 3.05. The number of nitrogens with one attached hydrogen (secondary N) is 1. The van der Waals surface area contributed by atoms with Gasteiger partial charge in [0, 0.05) is 16.9 Å². The Kier molecular flexibility index (Phi) is 3.88. The summed E-state index contributed by atoms with van der Waals surface area (Å²) in [7, 11) is 0. The van der Waals surface area contributed by atoms with E-state index < -0.39 is 0 Å². The van der Waals surface area contributed by atoms with Crippen molar-refractivity contribution in [1.82, 2.24) is 5.32 Å². The molecule has 0 saturated carbocycles. The molecule has 1 N–H and O–H groups in total. The fraction of sp³-hybridized carbons (Fsp3) is 0.235. The van der Waals surface area contributed by atoms with Crippen LogP contribution in [0.1, 0.15) is 27.0 Å². The molecule has 3 rings (SSSR count). The first kappa shape index (κ1) is 13.4. The van der Waals surface area contributed by atoms with Gasteiger partial charge in [0.2, 0.25) is 0 Å². The lowest BCUT2D eigenvalue weighted by Gasteiger charge is -2.12. The van der Waals surface area contributed by atoms with Gasteiger partial charge in [-0.15, -0.1) is 0 Å². The second-order valence-corrected chi connectivity index (χ2v) is 5.74. The number of rotatable bonds is 3. The molecule has 0 aliphatic heterocycles. The molecule has 0 saturated heterocycles. The van der Waals surface area contributed by atoms with E-state index in [9.17, 15) is 4.79 Å². The highest BCUT2D eigenvalue weighted by Gasteiger charge is 2.22. The highest BCUT2D eigenvalue weighted by atomic mass is 79.9. The highest BCUT2D eigenvalue weighted by Crippen LogP contribution is 2.22. The van der Waals surface area contributed by atoms with Crippen molar-refractivity contribution in [2.24, 2.45) is 0 Å². The maximum atomic E-state index is 12.2. The summed E-state index contributed by atoms with van der Waals surface area (Å²) >= 11 is 3.41. The summed E-state index contributed by atoms with van der Waals surface area (Å²) in [5.41, 5.74) is 4.61. The molecule has 0 heterocycles. The van der Waals surface area contributed by atoms with Gasteiger partial charge in [0.25, 0.3) is 5.91 Å². The smallest absolute Gasteiger partial charge is 0.251 e. The van der Waals surface area contributed by atoms with E-state index in [4.69, 9.17) is 0 Å². The zero-order valence-corrected chi connectivity index (χ0v) is 12.7. The molecular weight excluding hydrogens is 314 g/mol. The molecular formula is C17H16BrNO. The van der Waals surface area contributed by atoms with E-state index in [0.29, 0.717) is 0 Å². The zero-order chi connectivity index (χ0) is 13.9. The van der Waals surface area contributed by atoms with E-state index in [-0.39, 0.29) is 11.9 Å². The number of hydrogen-bond acceptors (Lipinski definition) is 1. The van der Waals surface area contributed by atoms with Gasteiger partial charge in [-0.1, -0.05) is 52.3 Å². The Balaban J connectivity index is 1.65. The first-order valence-corrected chi connectivity index (χ1v) is 7.91. The van der Waals surface area contributed by atoms with Gasteiger partial charge in [-0.3, -0.25) is 4.79 Å². The summed E-state index contributed by atoms with van der Waals surface area (Å²) in [4.78, 5) is 12.2. The van der Waals surface area contributed by atoms with Gasteiger partial charge in [-0.05, 0) is 41.7 Å². The van der Waals surface area contributed by atoms with Crippen molar-refractivity contribution in [1.29, 1.82) is 0 Å². The molecule has 2 aromatic rings. The summed E-state index contributed by atoms with van der Waals surface area (Å²) in [5, 5.41) is 3.94. The minimum Gasteiger partial charge on any atom is -0.349 e. The molecule has 0 bridgehead atoms. The fourth-order valence-electron chi connectivity index (χ4n) is 2.67. The van der Waals surface area contributed by atoms with Crippen LogP contribution in [0, 0.1) is 0 Å². The van der Waals surface area contributed by atoms with Gasteiger partial charge < -0.3 is 5.32 Å². The number of fused-ring (bicyclic) bond motifs is 1. The van der Waals surface area contributed by atoms with Crippen molar-refractivity contribution in [3.05, 3.63) is 70.8 Å². The SMILES string of the molecule is O=C(NC1Cc2ccccc2C1)c1ccc(CBr)cc1. The van der Waals surface area contributed by atoms with Gasteiger partial charge in [0.15, 0.2) is 0 Å². The molecule has 0 fully saturated rings. The van der Waals surface area contributed by atoms with E-state index in [0.717, 1.165) is 23.7 Å². The van der Waals surface area contributed by atoms with Crippen LogP contribution in [0.15, 0.2) is 48.5 Å². The van der Waals surface area contributed by atoms with Crippen molar-refractivity contribution >= 4 is 21.8 Å². The molecule has 1 aliphatic carbocycles. The number of hydrogen-bond donors (Lipinski definition) is 1. The maximum Gasteiger partial charge on any atom is 0.251 e. The molecule has 0 radical (unpaired) electrons. The van der Waals surface area contributed by atoms with Crippen LogP contribution in [0.3, 0.4) is 0 Å². The van der Waals surface area contributed by atoms with E-state index in [1.54, 1.807) is 0 Å². The summed E-state index contributed by atoms with van der Waals surface area (Å²) < 4.78 is 0. The first-order valence-electron chi connectivity index (χ1n) is 6.79. The summed E-state index contributed by atoms with van der Waals surface area (Å²) in [6.07, 6.45) is 1.86. The van der Waals surface area contributed by atoms with E-state index >= 15 is 0 Å². The van der Waals surface area contributed by atoms with E-state index in [1.807, 2.05) is 24.3 Å². The van der Waals surface area contributed by atoms with Crippen molar-refractivity contribution in [2.75, 3.05) is 0 Å². The second kappa shape index (κ2) is 5.80. The predicted octanol–water partition coefficient (Wildman–Crippen LogP) is 3.48. The normalized spacial score (nSPS) is 14.1. The first-order chi connectivity index (χ1) is 9.76. The Bertz CT molecular complexity index is 596. The lowest BCUT2D eigenvalue weighted by atomic mass is 10.1. The molecule has 20 heavy (non-hydrogen) atoms. The number of halogens is 1. The average molecular weight is 330 g/mol. The number of carbonyl (C=O) groups is 1. The lowest BCUT2D eigenvalue weighted by Crippen LogP contribution is -2.35. The molecule has 0 atom stereocenters. The summed E-state index contributed by atoms with van der Waals surface area (Å²) in [6.45, 7) is 0. The van der Waals surface area contributed by atoms with Gasteiger partial charge in [-0.2, -0.15) is 0 Å². The van der Waals surface area contributed by atoms with Crippen molar-refractivity contribution in [3.8, 4) is 0 Å². The van der Waals surface area contributed by atoms with Crippen molar-refractivity contribution in [2.45, 2.75) is 24.2 Å². The topological polar surface area (TPSA) is 29.1 Å². The Morgan fingerprint density at radius 2 is 1.65 bits per heavy atom. The third-order valence-corrected chi connectivity index (χ3v) is 4.40. The van der Waals surface area contributed by atoms with Gasteiger partial charge in [0.05, 0.1) is 0 Å². The Hall–Kier alpha value is -1.61. The molecule has 0 spiro atoms. The van der Waals surface area contributed by atoms with Crippen LogP contribution in [-0.2, 0) is 18.2 Å². The summed E-state index contributed by atoms with van der Waals surface area (Å²) in [5.74, 6) is 0.0175. The highest BCUT2D eigenvalue weighted by molar-refractivity contribution is 9.08. The van der Waals surface area contributed by atoms with Crippen LogP contribution in [0.25, 0.3) is 0 Å². The molecule has 1 aliphatic rings. The third-order valence-electron chi connectivity index (χ3n) is 3.76. The van der Waals surface area contributed by atoms with Crippen LogP contribution < -0.4 is 5.32 Å². The minimum atomic E-state index is 0.0175. The summed E-state index contributed by atoms with van der Waals surface area (Å²) in [6, 6.07) is 16.3. The second-order valence-electron chi connectivity index (χ2n) is 5.18. The van der Waals surface area contributed by atoms with Gasteiger partial charge in [-0.25, -0.2) is 0 Å². The Morgan fingerprint density at radius 3 is 2.20 bits per heavy atom. The molecule has 3 heteroatoms. The third kappa shape index (κ3) is 2.78.